The number of nitrogens with one attached hydrogen (secondary N) is 2. The number of alkyl halides is 6. The number of ether oxygens (including phenoxy) is 4. The Kier molecular flexibility index (Phi) is 8.25. The van der Waals surface area contributed by atoms with Crippen LogP contribution in [-0.4, -0.2) is 55.6 Å². The van der Waals surface area contributed by atoms with Crippen LogP contribution in [0.15, 0.2) is 48.5 Å². The molecule has 2 amide bonds. The topological polar surface area (TPSA) is 95.1 Å². The van der Waals surface area contributed by atoms with E-state index in [9.17, 15) is 35.9 Å². The molecule has 1 spiro atoms. The predicted octanol–water partition coefficient (Wildman–Crippen LogP) is 4.70. The maximum Gasteiger partial charge on any atom is 0.573 e. The van der Waals surface area contributed by atoms with Gasteiger partial charge in [-0.3, -0.25) is 9.59 Å². The molecule has 2 fully saturated rings. The molecule has 0 radical (unpaired) electrons. The fourth-order valence-corrected chi connectivity index (χ4v) is 4.32. The van der Waals surface area contributed by atoms with Crippen molar-refractivity contribution < 1.29 is 54.9 Å². The molecule has 2 aromatic rings. The van der Waals surface area contributed by atoms with Crippen LogP contribution in [0.3, 0.4) is 0 Å². The van der Waals surface area contributed by atoms with Gasteiger partial charge in [-0.05, 0) is 61.4 Å². The lowest BCUT2D eigenvalue weighted by molar-refractivity contribution is -0.287. The zero-order chi connectivity index (χ0) is 28.3. The Bertz CT molecular complexity index is 1040. The van der Waals surface area contributed by atoms with Crippen molar-refractivity contribution >= 4 is 11.8 Å². The van der Waals surface area contributed by atoms with E-state index in [-0.39, 0.29) is 30.4 Å². The van der Waals surface area contributed by atoms with Gasteiger partial charge in [0.1, 0.15) is 11.5 Å². The van der Waals surface area contributed by atoms with Gasteiger partial charge in [0.25, 0.3) is 11.8 Å². The lowest BCUT2D eigenvalue weighted by Crippen LogP contribution is -2.55. The fourth-order valence-electron chi connectivity index (χ4n) is 4.32. The van der Waals surface area contributed by atoms with Gasteiger partial charge in [-0.1, -0.05) is 0 Å². The minimum Gasteiger partial charge on any atom is -0.406 e. The number of rotatable bonds is 6. The minimum atomic E-state index is -4.83. The van der Waals surface area contributed by atoms with Gasteiger partial charge in [0.15, 0.2) is 5.79 Å². The predicted molar refractivity (Wildman–Crippen MR) is 122 cm³/mol. The number of hydrogen-bond donors (Lipinski definition) is 2. The van der Waals surface area contributed by atoms with Crippen LogP contribution in [0, 0.1) is 0 Å². The van der Waals surface area contributed by atoms with Crippen molar-refractivity contribution in [2.45, 2.75) is 56.3 Å². The average molecular weight is 562 g/mol. The summed E-state index contributed by atoms with van der Waals surface area (Å²) in [4.78, 5) is 24.9. The quantitative estimate of drug-likeness (QED) is 0.496. The van der Waals surface area contributed by atoms with Gasteiger partial charge in [0.2, 0.25) is 0 Å². The number of carbonyl (C=O) groups is 2. The molecule has 4 rings (SSSR count). The zero-order valence-electron chi connectivity index (χ0n) is 20.2. The van der Waals surface area contributed by atoms with Crippen molar-refractivity contribution in [3.8, 4) is 11.5 Å². The van der Waals surface area contributed by atoms with Crippen LogP contribution >= 0.6 is 0 Å². The van der Waals surface area contributed by atoms with Crippen molar-refractivity contribution in [3.63, 3.8) is 0 Å². The molecule has 212 valence electrons. The molecule has 0 atom stereocenters. The van der Waals surface area contributed by atoms with E-state index < -0.39 is 47.9 Å². The molecule has 1 aliphatic carbocycles. The third kappa shape index (κ3) is 8.23. The van der Waals surface area contributed by atoms with Gasteiger partial charge >= 0.3 is 12.7 Å². The Morgan fingerprint density at radius 2 is 1.08 bits per heavy atom. The van der Waals surface area contributed by atoms with Crippen LogP contribution in [0.4, 0.5) is 26.3 Å². The summed E-state index contributed by atoms with van der Waals surface area (Å²) in [6, 6.07) is 8.45. The van der Waals surface area contributed by atoms with E-state index in [1.54, 1.807) is 0 Å². The normalized spacial score (nSPS) is 23.6. The molecule has 14 heteroatoms. The Hall–Kier alpha value is -3.52. The first-order valence-electron chi connectivity index (χ1n) is 11.9. The van der Waals surface area contributed by atoms with E-state index in [0.717, 1.165) is 24.3 Å². The molecule has 1 saturated carbocycles. The highest BCUT2D eigenvalue weighted by Crippen LogP contribution is 2.35. The molecule has 0 bridgehead atoms. The number of carbonyl (C=O) groups excluding carboxylic acids is 2. The van der Waals surface area contributed by atoms with Gasteiger partial charge in [-0.2, -0.15) is 0 Å². The lowest BCUT2D eigenvalue weighted by Gasteiger charge is -2.44. The summed E-state index contributed by atoms with van der Waals surface area (Å²) >= 11 is 0. The van der Waals surface area contributed by atoms with Gasteiger partial charge in [0, 0.05) is 30.0 Å². The summed E-state index contributed by atoms with van der Waals surface area (Å²) in [6.07, 6.45) is -7.64. The molecular formula is C25H24F6N2O6. The summed E-state index contributed by atoms with van der Waals surface area (Å²) in [6.45, 7) is 0.314. The van der Waals surface area contributed by atoms with Gasteiger partial charge < -0.3 is 29.6 Å². The SMILES string of the molecule is O=C(NC1CCC2(CC1)OCC(NC(=O)c1ccc(OC(F)(F)F)cc1)CO2)c1ccc(OC(F)(F)F)cc1. The van der Waals surface area contributed by atoms with Crippen LogP contribution in [-0.2, 0) is 9.47 Å². The molecule has 0 aromatic heterocycles. The highest BCUT2D eigenvalue weighted by Gasteiger charge is 2.42. The first-order valence-corrected chi connectivity index (χ1v) is 11.9. The van der Waals surface area contributed by atoms with Gasteiger partial charge in [0.05, 0.1) is 19.3 Å². The largest absolute Gasteiger partial charge is 0.573 e. The Morgan fingerprint density at radius 1 is 0.692 bits per heavy atom. The van der Waals surface area contributed by atoms with Crippen LogP contribution in [0.25, 0.3) is 0 Å². The molecule has 1 heterocycles. The van der Waals surface area contributed by atoms with Crippen molar-refractivity contribution in [1.29, 1.82) is 0 Å². The summed E-state index contributed by atoms with van der Waals surface area (Å²) < 4.78 is 93.1. The average Bonchev–Trinajstić information content (AvgIpc) is 2.86. The van der Waals surface area contributed by atoms with E-state index >= 15 is 0 Å². The van der Waals surface area contributed by atoms with E-state index in [2.05, 4.69) is 20.1 Å². The lowest BCUT2D eigenvalue weighted by atomic mass is 9.89. The first-order chi connectivity index (χ1) is 18.3. The number of benzene rings is 2. The fraction of sp³-hybridized carbons (Fsp3) is 0.440. The summed E-state index contributed by atoms with van der Waals surface area (Å²) in [5.74, 6) is -2.67. The Balaban J connectivity index is 1.20. The van der Waals surface area contributed by atoms with E-state index in [1.807, 2.05) is 0 Å². The maximum atomic E-state index is 12.5. The second-order valence-corrected chi connectivity index (χ2v) is 9.10. The molecule has 39 heavy (non-hydrogen) atoms. The molecule has 2 N–H and O–H groups in total. The molecule has 1 saturated heterocycles. The highest BCUT2D eigenvalue weighted by atomic mass is 19.4. The van der Waals surface area contributed by atoms with E-state index in [1.165, 1.54) is 24.3 Å². The van der Waals surface area contributed by atoms with Crippen LogP contribution in [0.5, 0.6) is 11.5 Å². The summed E-state index contributed by atoms with van der Waals surface area (Å²) in [5, 5.41) is 5.57. The standard InChI is InChI=1S/C25H24F6N2O6/c26-24(27,28)38-19-5-1-15(2-6-19)21(34)32-17-9-11-23(12-10-17)36-13-18(14-37-23)33-22(35)16-3-7-20(8-4-16)39-25(29,30)31/h1-8,17-18H,9-14H2,(H,32,34)(H,33,35). The maximum absolute atomic E-state index is 12.5. The second kappa shape index (κ2) is 11.3. The van der Waals surface area contributed by atoms with E-state index in [4.69, 9.17) is 9.47 Å². The molecule has 0 unspecified atom stereocenters. The molecule has 2 aromatic carbocycles. The van der Waals surface area contributed by atoms with Crippen molar-refractivity contribution in [1.82, 2.24) is 10.6 Å². The third-order valence-electron chi connectivity index (χ3n) is 6.21. The smallest absolute Gasteiger partial charge is 0.406 e. The molecular weight excluding hydrogens is 538 g/mol. The van der Waals surface area contributed by atoms with Crippen LogP contribution in [0.1, 0.15) is 46.4 Å². The minimum absolute atomic E-state index is 0.142. The first kappa shape index (κ1) is 28.5. The molecule has 2 aliphatic rings. The number of amides is 2. The number of hydrogen-bond acceptors (Lipinski definition) is 6. The molecule has 1 aliphatic heterocycles. The summed E-state index contributed by atoms with van der Waals surface area (Å²) in [7, 11) is 0. The summed E-state index contributed by atoms with van der Waals surface area (Å²) in [5.41, 5.74) is 0.333. The van der Waals surface area contributed by atoms with Crippen molar-refractivity contribution in [2.75, 3.05) is 13.2 Å². The van der Waals surface area contributed by atoms with E-state index in [0.29, 0.717) is 25.7 Å². The van der Waals surface area contributed by atoms with Gasteiger partial charge in [-0.25, -0.2) is 0 Å². The third-order valence-corrected chi connectivity index (χ3v) is 6.21. The van der Waals surface area contributed by atoms with Gasteiger partial charge in [-0.15, -0.1) is 26.3 Å². The van der Waals surface area contributed by atoms with Crippen molar-refractivity contribution in [3.05, 3.63) is 59.7 Å². The Morgan fingerprint density at radius 3 is 1.46 bits per heavy atom. The van der Waals surface area contributed by atoms with Crippen LogP contribution < -0.4 is 20.1 Å². The number of halogens is 6. The monoisotopic (exact) mass is 562 g/mol. The van der Waals surface area contributed by atoms with Crippen molar-refractivity contribution in [2.24, 2.45) is 0 Å². The van der Waals surface area contributed by atoms with Crippen LogP contribution in [0.2, 0.25) is 0 Å². The zero-order valence-corrected chi connectivity index (χ0v) is 20.2. The second-order valence-electron chi connectivity index (χ2n) is 9.10. The highest BCUT2D eigenvalue weighted by molar-refractivity contribution is 5.95. The molecule has 8 nitrogen and oxygen atoms in total. The Labute approximate surface area is 218 Å².